The summed E-state index contributed by atoms with van der Waals surface area (Å²) in [4.78, 5) is 3.82. The molecule has 1 heterocycles. The van der Waals surface area contributed by atoms with Crippen LogP contribution in [0.4, 0.5) is 5.69 Å². The molecule has 0 aliphatic heterocycles. The fourth-order valence-electron chi connectivity index (χ4n) is 1.97. The van der Waals surface area contributed by atoms with Crippen LogP contribution < -0.4 is 5.73 Å². The molecular weight excluding hydrogens is 320 g/mol. The second-order valence-electron chi connectivity index (χ2n) is 4.89. The lowest BCUT2D eigenvalue weighted by molar-refractivity contribution is 0.205. The van der Waals surface area contributed by atoms with E-state index in [0.717, 1.165) is 23.2 Å². The molecule has 1 aromatic heterocycles. The fraction of sp³-hybridized carbons (Fsp3) is 0.333. The van der Waals surface area contributed by atoms with Gasteiger partial charge in [-0.05, 0) is 37.4 Å². The largest absolute Gasteiger partial charge is 0.398 e. The Kier molecular flexibility index (Phi) is 5.02. The lowest BCUT2D eigenvalue weighted by Gasteiger charge is -2.27. The van der Waals surface area contributed by atoms with Gasteiger partial charge in [0.05, 0.1) is 0 Å². The van der Waals surface area contributed by atoms with E-state index >= 15 is 0 Å². The Morgan fingerprint density at radius 1 is 1.21 bits per heavy atom. The number of benzene rings is 1. The zero-order valence-electron chi connectivity index (χ0n) is 11.3. The molecule has 1 aromatic carbocycles. The van der Waals surface area contributed by atoms with Crippen molar-refractivity contribution < 1.29 is 0 Å². The predicted molar refractivity (Wildman–Crippen MR) is 87.3 cm³/mol. The van der Waals surface area contributed by atoms with Gasteiger partial charge in [0.2, 0.25) is 0 Å². The van der Waals surface area contributed by atoms with Gasteiger partial charge in [-0.1, -0.05) is 28.1 Å². The van der Waals surface area contributed by atoms with Gasteiger partial charge in [0.1, 0.15) is 0 Å². The third kappa shape index (κ3) is 3.81. The number of nitrogen functional groups attached to an aromatic ring is 1. The second-order valence-corrected chi connectivity index (χ2v) is 6.77. The second kappa shape index (κ2) is 6.55. The number of halogens is 1. The summed E-state index contributed by atoms with van der Waals surface area (Å²) >= 11 is 5.40. The molecule has 0 saturated heterocycles. The lowest BCUT2D eigenvalue weighted by Crippen LogP contribution is -2.30. The monoisotopic (exact) mass is 338 g/mol. The van der Waals surface area contributed by atoms with Crippen LogP contribution in [-0.4, -0.2) is 10.9 Å². The van der Waals surface area contributed by atoms with Crippen LogP contribution >= 0.6 is 27.3 Å². The number of nitrogens with zero attached hydrogens (tertiary/aromatic N) is 1. The number of hydrogen-bond acceptors (Lipinski definition) is 3. The van der Waals surface area contributed by atoms with E-state index in [1.165, 1.54) is 10.4 Å². The van der Waals surface area contributed by atoms with Crippen LogP contribution in [0.2, 0.25) is 0 Å². The maximum Gasteiger partial charge on any atom is 0.0371 e. The van der Waals surface area contributed by atoms with Gasteiger partial charge < -0.3 is 5.73 Å². The maximum absolute atomic E-state index is 6.09. The molecule has 0 saturated carbocycles. The Bertz CT molecular complexity index is 503. The third-order valence-electron chi connectivity index (χ3n) is 3.19. The van der Waals surface area contributed by atoms with E-state index in [1.54, 1.807) is 11.3 Å². The molecule has 19 heavy (non-hydrogen) atoms. The zero-order valence-corrected chi connectivity index (χ0v) is 13.7. The summed E-state index contributed by atoms with van der Waals surface area (Å²) in [5, 5.41) is 2.13. The molecule has 2 rings (SSSR count). The summed E-state index contributed by atoms with van der Waals surface area (Å²) in [7, 11) is 0. The Labute approximate surface area is 127 Å². The van der Waals surface area contributed by atoms with E-state index in [4.69, 9.17) is 5.73 Å². The summed E-state index contributed by atoms with van der Waals surface area (Å²) in [6.07, 6.45) is 0. The smallest absolute Gasteiger partial charge is 0.0371 e. The van der Waals surface area contributed by atoms with Gasteiger partial charge in [0.15, 0.2) is 0 Å². The molecule has 2 nitrogen and oxygen atoms in total. The van der Waals surface area contributed by atoms with E-state index in [-0.39, 0.29) is 0 Å². The number of thiophene rings is 1. The minimum absolute atomic E-state index is 0.480. The van der Waals surface area contributed by atoms with Crippen molar-refractivity contribution in [1.82, 2.24) is 4.90 Å². The van der Waals surface area contributed by atoms with Crippen LogP contribution in [0.25, 0.3) is 0 Å². The molecule has 0 aliphatic carbocycles. The highest BCUT2D eigenvalue weighted by molar-refractivity contribution is 9.10. The molecule has 0 unspecified atom stereocenters. The average Bonchev–Trinajstić information content (AvgIpc) is 2.85. The lowest BCUT2D eigenvalue weighted by atomic mass is 10.1. The molecule has 2 N–H and O–H groups in total. The molecule has 0 atom stereocenters. The van der Waals surface area contributed by atoms with Gasteiger partial charge >= 0.3 is 0 Å². The van der Waals surface area contributed by atoms with Crippen LogP contribution in [0.3, 0.4) is 0 Å². The first-order valence-corrected chi connectivity index (χ1v) is 8.04. The van der Waals surface area contributed by atoms with Crippen molar-refractivity contribution in [3.8, 4) is 0 Å². The van der Waals surface area contributed by atoms with E-state index in [2.05, 4.69) is 58.3 Å². The van der Waals surface area contributed by atoms with Crippen LogP contribution in [0.1, 0.15) is 24.3 Å². The van der Waals surface area contributed by atoms with E-state index in [9.17, 15) is 0 Å². The average molecular weight is 339 g/mol. The Balaban J connectivity index is 2.17. The molecule has 4 heteroatoms. The van der Waals surface area contributed by atoms with Crippen molar-refractivity contribution in [2.75, 3.05) is 5.73 Å². The molecule has 0 fully saturated rings. The molecule has 102 valence electrons. The predicted octanol–water partition coefficient (Wildman–Crippen LogP) is 4.50. The highest BCUT2D eigenvalue weighted by atomic mass is 79.9. The fourth-order valence-corrected chi connectivity index (χ4v) is 3.21. The normalized spacial score (nSPS) is 11.4. The minimum Gasteiger partial charge on any atom is -0.398 e. The highest BCUT2D eigenvalue weighted by Crippen LogP contribution is 2.26. The molecular formula is C15H19BrN2S. The van der Waals surface area contributed by atoms with Gasteiger partial charge in [-0.15, -0.1) is 11.3 Å². The number of nitrogens with two attached hydrogens (primary N) is 1. The summed E-state index contributed by atoms with van der Waals surface area (Å²) in [6, 6.07) is 10.8. The first-order chi connectivity index (χ1) is 9.08. The van der Waals surface area contributed by atoms with Crippen LogP contribution in [0, 0.1) is 0 Å². The van der Waals surface area contributed by atoms with Crippen LogP contribution in [-0.2, 0) is 13.1 Å². The summed E-state index contributed by atoms with van der Waals surface area (Å²) in [5.74, 6) is 0. The van der Waals surface area contributed by atoms with Crippen LogP contribution in [0.5, 0.6) is 0 Å². The zero-order chi connectivity index (χ0) is 13.8. The molecule has 0 spiro atoms. The highest BCUT2D eigenvalue weighted by Gasteiger charge is 2.14. The first-order valence-electron chi connectivity index (χ1n) is 6.37. The van der Waals surface area contributed by atoms with Crippen molar-refractivity contribution in [3.63, 3.8) is 0 Å². The van der Waals surface area contributed by atoms with Gasteiger partial charge in [-0.25, -0.2) is 0 Å². The van der Waals surface area contributed by atoms with E-state index < -0.39 is 0 Å². The SMILES string of the molecule is CC(C)N(Cc1cccs1)Cc1c(N)cccc1Br. The molecule has 0 bridgehead atoms. The van der Waals surface area contributed by atoms with Crippen molar-refractivity contribution in [3.05, 3.63) is 50.6 Å². The van der Waals surface area contributed by atoms with Crippen molar-refractivity contribution in [1.29, 1.82) is 0 Å². The van der Waals surface area contributed by atoms with Crippen LogP contribution in [0.15, 0.2) is 40.2 Å². The molecule has 0 radical (unpaired) electrons. The number of rotatable bonds is 5. The molecule has 2 aromatic rings. The summed E-state index contributed by atoms with van der Waals surface area (Å²) in [5.41, 5.74) is 8.12. The topological polar surface area (TPSA) is 29.3 Å². The minimum atomic E-state index is 0.480. The van der Waals surface area contributed by atoms with Gasteiger partial charge in [-0.3, -0.25) is 4.90 Å². The van der Waals surface area contributed by atoms with Gasteiger partial charge in [-0.2, -0.15) is 0 Å². The first kappa shape index (κ1) is 14.6. The quantitative estimate of drug-likeness (QED) is 0.813. The standard InChI is InChI=1S/C15H19BrN2S/c1-11(2)18(9-12-5-4-8-19-12)10-13-14(16)6-3-7-15(13)17/h3-8,11H,9-10,17H2,1-2H3. The molecule has 0 amide bonds. The Hall–Kier alpha value is -0.840. The summed E-state index contributed by atoms with van der Waals surface area (Å²) in [6.45, 7) is 6.28. The number of anilines is 1. The van der Waals surface area contributed by atoms with Crippen molar-refractivity contribution >= 4 is 33.0 Å². The van der Waals surface area contributed by atoms with Gasteiger partial charge in [0.25, 0.3) is 0 Å². The maximum atomic E-state index is 6.09. The number of hydrogen-bond donors (Lipinski definition) is 1. The summed E-state index contributed by atoms with van der Waals surface area (Å²) < 4.78 is 1.09. The Morgan fingerprint density at radius 3 is 2.58 bits per heavy atom. The Morgan fingerprint density at radius 2 is 2.00 bits per heavy atom. The third-order valence-corrected chi connectivity index (χ3v) is 4.79. The van der Waals surface area contributed by atoms with Crippen molar-refractivity contribution in [2.45, 2.75) is 33.0 Å². The van der Waals surface area contributed by atoms with E-state index in [1.807, 2.05) is 12.1 Å². The van der Waals surface area contributed by atoms with E-state index in [0.29, 0.717) is 6.04 Å². The molecule has 0 aliphatic rings. The van der Waals surface area contributed by atoms with Gasteiger partial charge in [0, 0.05) is 39.7 Å². The van der Waals surface area contributed by atoms with Crippen molar-refractivity contribution in [2.24, 2.45) is 0 Å².